The van der Waals surface area contributed by atoms with Crippen molar-refractivity contribution in [1.82, 2.24) is 4.90 Å². The van der Waals surface area contributed by atoms with E-state index in [9.17, 15) is 4.39 Å². The third-order valence-electron chi connectivity index (χ3n) is 4.09. The molecule has 0 heterocycles. The summed E-state index contributed by atoms with van der Waals surface area (Å²) in [5.41, 5.74) is 3.31. The fourth-order valence-corrected chi connectivity index (χ4v) is 2.59. The Morgan fingerprint density at radius 1 is 1.24 bits per heavy atom. The van der Waals surface area contributed by atoms with Gasteiger partial charge in [0.05, 0.1) is 19.1 Å². The highest BCUT2D eigenvalue weighted by molar-refractivity contribution is 6.31. The number of rotatable bonds is 6. The van der Waals surface area contributed by atoms with Crippen LogP contribution in [0.1, 0.15) is 12.5 Å². The molecule has 0 amide bonds. The van der Waals surface area contributed by atoms with Crippen LogP contribution in [0.15, 0.2) is 35.3 Å². The van der Waals surface area contributed by atoms with Crippen molar-refractivity contribution in [3.8, 4) is 5.75 Å². The second-order valence-corrected chi connectivity index (χ2v) is 6.20. The van der Waals surface area contributed by atoms with Gasteiger partial charge in [-0.15, -0.1) is 0 Å². The first kappa shape index (κ1) is 19.1. The molecule has 134 valence electrons. The molecule has 0 saturated carbocycles. The van der Waals surface area contributed by atoms with Crippen LogP contribution < -0.4 is 9.64 Å². The van der Waals surface area contributed by atoms with Gasteiger partial charge in [-0.25, -0.2) is 9.38 Å². The summed E-state index contributed by atoms with van der Waals surface area (Å²) < 4.78 is 19.0. The first-order valence-electron chi connectivity index (χ1n) is 7.99. The Hall–Kier alpha value is -2.27. The second-order valence-electron chi connectivity index (χ2n) is 5.76. The van der Waals surface area contributed by atoms with Crippen molar-refractivity contribution < 1.29 is 9.13 Å². The van der Waals surface area contributed by atoms with E-state index in [1.807, 2.05) is 49.9 Å². The lowest BCUT2D eigenvalue weighted by atomic mass is 10.1. The lowest BCUT2D eigenvalue weighted by Gasteiger charge is -2.23. The summed E-state index contributed by atoms with van der Waals surface area (Å²) in [7, 11) is 5.27. The lowest BCUT2D eigenvalue weighted by Crippen LogP contribution is -2.14. The highest BCUT2D eigenvalue weighted by Gasteiger charge is 2.14. The third-order valence-corrected chi connectivity index (χ3v) is 4.31. The fourth-order valence-electron chi connectivity index (χ4n) is 2.38. The Kier molecular flexibility index (Phi) is 6.26. The van der Waals surface area contributed by atoms with Gasteiger partial charge in [0.15, 0.2) is 11.6 Å². The number of methoxy groups -OCH3 is 1. The van der Waals surface area contributed by atoms with Crippen molar-refractivity contribution in [3.63, 3.8) is 0 Å². The molecule has 0 saturated heterocycles. The van der Waals surface area contributed by atoms with Gasteiger partial charge in [0.2, 0.25) is 0 Å². The van der Waals surface area contributed by atoms with Crippen molar-refractivity contribution >= 4 is 35.0 Å². The minimum Gasteiger partial charge on any atom is -0.494 e. The summed E-state index contributed by atoms with van der Waals surface area (Å²) in [5.74, 6) is -0.192. The van der Waals surface area contributed by atoms with Gasteiger partial charge in [-0.1, -0.05) is 11.6 Å². The van der Waals surface area contributed by atoms with Crippen LogP contribution in [-0.2, 0) is 0 Å². The molecule has 0 fully saturated rings. The molecule has 0 aliphatic carbocycles. The van der Waals surface area contributed by atoms with Gasteiger partial charge in [-0.05, 0) is 43.7 Å². The molecular formula is C19H23ClFN3O. The van der Waals surface area contributed by atoms with E-state index in [1.54, 1.807) is 18.5 Å². The molecule has 0 spiro atoms. The SMILES string of the molecule is CCN(C)/C=N\c1cc(Cl)cc(N(C)c2ccc(OC)c(F)c2)c1C. The second kappa shape index (κ2) is 8.21. The van der Waals surface area contributed by atoms with E-state index in [0.29, 0.717) is 10.7 Å². The predicted molar refractivity (Wildman–Crippen MR) is 104 cm³/mol. The largest absolute Gasteiger partial charge is 0.494 e. The topological polar surface area (TPSA) is 28.1 Å². The van der Waals surface area contributed by atoms with Crippen LogP contribution in [0.3, 0.4) is 0 Å². The number of hydrogen-bond donors (Lipinski definition) is 0. The van der Waals surface area contributed by atoms with Crippen LogP contribution in [0.4, 0.5) is 21.5 Å². The van der Waals surface area contributed by atoms with Crippen LogP contribution in [0, 0.1) is 12.7 Å². The molecule has 6 heteroatoms. The molecule has 0 aliphatic heterocycles. The predicted octanol–water partition coefficient (Wildman–Crippen LogP) is 5.18. The summed E-state index contributed by atoms with van der Waals surface area (Å²) in [4.78, 5) is 8.37. The molecule has 2 rings (SSSR count). The third kappa shape index (κ3) is 4.42. The number of ether oxygens (including phenoxy) is 1. The molecule has 0 bridgehead atoms. The monoisotopic (exact) mass is 363 g/mol. The van der Waals surface area contributed by atoms with Gasteiger partial charge in [0.25, 0.3) is 0 Å². The highest BCUT2D eigenvalue weighted by atomic mass is 35.5. The maximum Gasteiger partial charge on any atom is 0.167 e. The van der Waals surface area contributed by atoms with Crippen LogP contribution >= 0.6 is 11.6 Å². The maximum absolute atomic E-state index is 14.0. The van der Waals surface area contributed by atoms with Crippen molar-refractivity contribution in [2.75, 3.05) is 32.6 Å². The van der Waals surface area contributed by atoms with Gasteiger partial charge < -0.3 is 14.5 Å². The summed E-state index contributed by atoms with van der Waals surface area (Å²) >= 11 is 6.27. The van der Waals surface area contributed by atoms with E-state index >= 15 is 0 Å². The number of anilines is 2. The molecule has 0 aliphatic rings. The quantitative estimate of drug-likeness (QED) is 0.523. The standard InChI is InChI=1S/C19H23ClFN3O/c1-6-23(3)12-22-17-9-14(20)10-18(13(17)2)24(4)15-7-8-19(25-5)16(21)11-15/h7-12H,6H2,1-5H3/b22-12-. The van der Waals surface area contributed by atoms with E-state index in [0.717, 1.165) is 23.5 Å². The van der Waals surface area contributed by atoms with Gasteiger partial charge in [-0.2, -0.15) is 0 Å². The van der Waals surface area contributed by atoms with Crippen molar-refractivity contribution in [2.24, 2.45) is 4.99 Å². The number of hydrogen-bond acceptors (Lipinski definition) is 3. The minimum atomic E-state index is -0.408. The van der Waals surface area contributed by atoms with E-state index in [2.05, 4.69) is 4.99 Å². The highest BCUT2D eigenvalue weighted by Crippen LogP contribution is 2.36. The fraction of sp³-hybridized carbons (Fsp3) is 0.316. The summed E-state index contributed by atoms with van der Waals surface area (Å²) in [6.07, 6.45) is 1.77. The van der Waals surface area contributed by atoms with Crippen LogP contribution in [0.5, 0.6) is 5.75 Å². The Morgan fingerprint density at radius 2 is 1.96 bits per heavy atom. The zero-order valence-corrected chi connectivity index (χ0v) is 15.9. The molecule has 2 aromatic carbocycles. The molecule has 2 aromatic rings. The van der Waals surface area contributed by atoms with Crippen LogP contribution in [0.2, 0.25) is 5.02 Å². The number of benzene rings is 2. The number of nitrogens with zero attached hydrogens (tertiary/aromatic N) is 3. The zero-order chi connectivity index (χ0) is 18.6. The van der Waals surface area contributed by atoms with Gasteiger partial charge >= 0.3 is 0 Å². The first-order chi connectivity index (χ1) is 11.9. The van der Waals surface area contributed by atoms with Crippen LogP contribution in [-0.4, -0.2) is 39.0 Å². The normalized spacial score (nSPS) is 11.0. The van der Waals surface area contributed by atoms with Gasteiger partial charge in [0, 0.05) is 43.1 Å². The molecule has 0 radical (unpaired) electrons. The Labute approximate surface area is 153 Å². The summed E-state index contributed by atoms with van der Waals surface area (Å²) in [5, 5.41) is 0.577. The van der Waals surface area contributed by atoms with Gasteiger partial charge in [-0.3, -0.25) is 0 Å². The summed E-state index contributed by atoms with van der Waals surface area (Å²) in [6.45, 7) is 4.88. The van der Waals surface area contributed by atoms with Gasteiger partial charge in [0.1, 0.15) is 0 Å². The van der Waals surface area contributed by atoms with Crippen molar-refractivity contribution in [3.05, 3.63) is 46.7 Å². The Balaban J connectivity index is 2.42. The van der Waals surface area contributed by atoms with E-state index in [4.69, 9.17) is 16.3 Å². The number of aliphatic imine (C=N–C) groups is 1. The zero-order valence-electron chi connectivity index (χ0n) is 15.2. The van der Waals surface area contributed by atoms with Crippen molar-refractivity contribution in [1.29, 1.82) is 0 Å². The molecular weight excluding hydrogens is 341 g/mol. The Morgan fingerprint density at radius 3 is 2.56 bits per heavy atom. The number of halogens is 2. The van der Waals surface area contributed by atoms with Crippen molar-refractivity contribution in [2.45, 2.75) is 13.8 Å². The first-order valence-corrected chi connectivity index (χ1v) is 8.37. The average Bonchev–Trinajstić information content (AvgIpc) is 2.61. The van der Waals surface area contributed by atoms with E-state index in [-0.39, 0.29) is 5.75 Å². The van der Waals surface area contributed by atoms with E-state index < -0.39 is 5.82 Å². The van der Waals surface area contributed by atoms with E-state index in [1.165, 1.54) is 13.2 Å². The Bertz CT molecular complexity index is 780. The molecule has 0 N–H and O–H groups in total. The maximum atomic E-state index is 14.0. The average molecular weight is 364 g/mol. The smallest absolute Gasteiger partial charge is 0.167 e. The van der Waals surface area contributed by atoms with Crippen LogP contribution in [0.25, 0.3) is 0 Å². The summed E-state index contributed by atoms with van der Waals surface area (Å²) in [6, 6.07) is 8.52. The molecule has 25 heavy (non-hydrogen) atoms. The molecule has 0 unspecified atom stereocenters. The molecule has 0 atom stereocenters. The minimum absolute atomic E-state index is 0.216. The molecule has 0 aromatic heterocycles. The molecule has 4 nitrogen and oxygen atoms in total. The lowest BCUT2D eigenvalue weighted by molar-refractivity contribution is 0.386.